The Morgan fingerprint density at radius 3 is 2.15 bits per heavy atom. The van der Waals surface area contributed by atoms with E-state index in [2.05, 4.69) is 138 Å². The zero-order chi connectivity index (χ0) is 26.6. The second-order valence-corrected chi connectivity index (χ2v) is 10.4. The lowest BCUT2D eigenvalue weighted by molar-refractivity contribution is 1.18. The lowest BCUT2D eigenvalue weighted by atomic mass is 9.99. The van der Waals surface area contributed by atoms with Crippen LogP contribution >= 0.6 is 0 Å². The Labute approximate surface area is 232 Å². The van der Waals surface area contributed by atoms with Crippen LogP contribution in [-0.2, 0) is 0 Å². The van der Waals surface area contributed by atoms with Crippen LogP contribution in [0.1, 0.15) is 5.56 Å². The topological polar surface area (TPSA) is 30.7 Å². The molecule has 0 fully saturated rings. The third-order valence-electron chi connectivity index (χ3n) is 7.87. The molecule has 188 valence electrons. The van der Waals surface area contributed by atoms with Crippen LogP contribution in [0.5, 0.6) is 0 Å². The molecule has 3 heterocycles. The van der Waals surface area contributed by atoms with Crippen LogP contribution in [0.4, 0.5) is 0 Å². The van der Waals surface area contributed by atoms with Crippen molar-refractivity contribution in [2.45, 2.75) is 6.92 Å². The molecule has 0 amide bonds. The summed E-state index contributed by atoms with van der Waals surface area (Å²) in [6, 6.07) is 45.3. The van der Waals surface area contributed by atoms with Crippen molar-refractivity contribution < 1.29 is 0 Å². The normalized spacial score (nSPS) is 11.6. The summed E-state index contributed by atoms with van der Waals surface area (Å²) in [4.78, 5) is 9.83. The lowest BCUT2D eigenvalue weighted by Crippen LogP contribution is -1.95. The highest BCUT2D eigenvalue weighted by molar-refractivity contribution is 6.13. The van der Waals surface area contributed by atoms with Gasteiger partial charge in [0, 0.05) is 44.6 Å². The Bertz CT molecular complexity index is 2240. The zero-order valence-electron chi connectivity index (χ0n) is 22.0. The number of hydrogen-bond acceptors (Lipinski definition) is 2. The Balaban J connectivity index is 1.41. The van der Waals surface area contributed by atoms with Crippen molar-refractivity contribution in [3.63, 3.8) is 0 Å². The highest BCUT2D eigenvalue weighted by Crippen LogP contribution is 2.38. The lowest BCUT2D eigenvalue weighted by Gasteiger charge is -2.12. The van der Waals surface area contributed by atoms with Crippen LogP contribution in [-0.4, -0.2) is 14.5 Å². The van der Waals surface area contributed by atoms with Crippen molar-refractivity contribution in [3.05, 3.63) is 139 Å². The van der Waals surface area contributed by atoms with Gasteiger partial charge in [-0.05, 0) is 60.3 Å². The van der Waals surface area contributed by atoms with Gasteiger partial charge in [0.15, 0.2) is 0 Å². The molecule has 0 N–H and O–H groups in total. The Hall–Kier alpha value is -5.28. The highest BCUT2D eigenvalue weighted by Gasteiger charge is 2.16. The van der Waals surface area contributed by atoms with Gasteiger partial charge in [0.1, 0.15) is 0 Å². The predicted molar refractivity (Wildman–Crippen MR) is 167 cm³/mol. The number of nitrogens with zero attached hydrogens (tertiary/aromatic N) is 3. The fraction of sp³-hybridized carbons (Fsp3) is 0.0270. The molecule has 40 heavy (non-hydrogen) atoms. The first-order chi connectivity index (χ1) is 19.7. The maximum absolute atomic E-state index is 5.18. The molecule has 0 bridgehead atoms. The van der Waals surface area contributed by atoms with E-state index in [1.807, 2.05) is 12.3 Å². The quantitative estimate of drug-likeness (QED) is 0.221. The van der Waals surface area contributed by atoms with E-state index in [1.165, 1.54) is 32.6 Å². The van der Waals surface area contributed by atoms with E-state index in [4.69, 9.17) is 4.98 Å². The SMILES string of the molecule is Cc1ccnc(-c2cccc(-n3c4ccccc4c4ccc(-c5nc6ccccc6c6ccccc56)cc43)c2)c1. The molecular formula is C37H25N3. The smallest absolute Gasteiger partial charge is 0.0788 e. The molecule has 0 saturated heterocycles. The van der Waals surface area contributed by atoms with E-state index in [-0.39, 0.29) is 0 Å². The average molecular weight is 512 g/mol. The van der Waals surface area contributed by atoms with Gasteiger partial charge in [-0.15, -0.1) is 0 Å². The summed E-state index contributed by atoms with van der Waals surface area (Å²) >= 11 is 0. The molecule has 3 aromatic heterocycles. The summed E-state index contributed by atoms with van der Waals surface area (Å²) in [5, 5.41) is 6.03. The molecule has 0 aliphatic carbocycles. The van der Waals surface area contributed by atoms with Crippen molar-refractivity contribution in [1.29, 1.82) is 0 Å². The third-order valence-corrected chi connectivity index (χ3v) is 7.87. The number of rotatable bonds is 3. The Morgan fingerprint density at radius 2 is 1.27 bits per heavy atom. The number of benzene rings is 5. The van der Waals surface area contributed by atoms with Gasteiger partial charge in [0.2, 0.25) is 0 Å². The first-order valence-corrected chi connectivity index (χ1v) is 13.6. The molecule has 0 spiro atoms. The second kappa shape index (κ2) is 8.89. The van der Waals surface area contributed by atoms with E-state index in [0.717, 1.165) is 44.6 Å². The standard InChI is InChI=1S/C37H25N3/c1-24-19-20-38-34(21-24)25-9-8-10-27(22-25)40-35-16-7-5-13-30(35)31-18-17-26(23-36(31)40)37-32-14-3-2-11-28(32)29-12-4-6-15-33(29)39-37/h2-23H,1H3. The van der Waals surface area contributed by atoms with Crippen LogP contribution in [0.25, 0.3) is 71.7 Å². The molecule has 0 radical (unpaired) electrons. The largest absolute Gasteiger partial charge is 0.309 e. The molecular weight excluding hydrogens is 486 g/mol. The van der Waals surface area contributed by atoms with Crippen LogP contribution in [0, 0.1) is 6.92 Å². The maximum atomic E-state index is 5.18. The number of aromatic nitrogens is 3. The fourth-order valence-electron chi connectivity index (χ4n) is 6.02. The van der Waals surface area contributed by atoms with Crippen LogP contribution in [0.15, 0.2) is 134 Å². The van der Waals surface area contributed by atoms with Crippen LogP contribution in [0.2, 0.25) is 0 Å². The first kappa shape index (κ1) is 22.7. The van der Waals surface area contributed by atoms with Gasteiger partial charge in [0.05, 0.1) is 27.9 Å². The summed E-state index contributed by atoms with van der Waals surface area (Å²) < 4.78 is 2.37. The van der Waals surface area contributed by atoms with Gasteiger partial charge >= 0.3 is 0 Å². The van der Waals surface area contributed by atoms with Crippen LogP contribution < -0.4 is 0 Å². The molecule has 0 aliphatic rings. The van der Waals surface area contributed by atoms with Gasteiger partial charge in [0.25, 0.3) is 0 Å². The molecule has 0 aliphatic heterocycles. The molecule has 3 nitrogen and oxygen atoms in total. The minimum atomic E-state index is 0.982. The number of para-hydroxylation sites is 2. The van der Waals surface area contributed by atoms with Crippen molar-refractivity contribution in [3.8, 4) is 28.2 Å². The Kier molecular flexibility index (Phi) is 5.04. The summed E-state index contributed by atoms with van der Waals surface area (Å²) in [5.74, 6) is 0. The first-order valence-electron chi connectivity index (χ1n) is 13.6. The van der Waals surface area contributed by atoms with E-state index < -0.39 is 0 Å². The van der Waals surface area contributed by atoms with Crippen molar-refractivity contribution in [2.75, 3.05) is 0 Å². The van der Waals surface area contributed by atoms with E-state index >= 15 is 0 Å². The number of pyridine rings is 2. The Morgan fingerprint density at radius 1 is 0.525 bits per heavy atom. The van der Waals surface area contributed by atoms with E-state index in [1.54, 1.807) is 0 Å². The molecule has 8 aromatic rings. The van der Waals surface area contributed by atoms with Gasteiger partial charge < -0.3 is 4.57 Å². The van der Waals surface area contributed by atoms with Gasteiger partial charge in [-0.3, -0.25) is 4.98 Å². The zero-order valence-corrected chi connectivity index (χ0v) is 22.0. The summed E-state index contributed by atoms with van der Waals surface area (Å²) in [5.41, 5.74) is 9.86. The molecule has 3 heteroatoms. The second-order valence-electron chi connectivity index (χ2n) is 10.4. The van der Waals surface area contributed by atoms with E-state index in [9.17, 15) is 0 Å². The molecule has 8 rings (SSSR count). The summed E-state index contributed by atoms with van der Waals surface area (Å²) in [7, 11) is 0. The average Bonchev–Trinajstić information content (AvgIpc) is 3.34. The van der Waals surface area contributed by atoms with Gasteiger partial charge in [-0.2, -0.15) is 0 Å². The fourth-order valence-corrected chi connectivity index (χ4v) is 6.02. The summed E-state index contributed by atoms with van der Waals surface area (Å²) in [6.45, 7) is 2.11. The van der Waals surface area contributed by atoms with Crippen molar-refractivity contribution in [2.24, 2.45) is 0 Å². The van der Waals surface area contributed by atoms with Gasteiger partial charge in [-0.25, -0.2) is 4.98 Å². The number of fused-ring (bicyclic) bond motifs is 6. The minimum Gasteiger partial charge on any atom is -0.309 e. The van der Waals surface area contributed by atoms with Crippen molar-refractivity contribution in [1.82, 2.24) is 14.5 Å². The third kappa shape index (κ3) is 3.52. The maximum Gasteiger partial charge on any atom is 0.0788 e. The molecule has 0 unspecified atom stereocenters. The predicted octanol–water partition coefficient (Wildman–Crippen LogP) is 9.52. The van der Waals surface area contributed by atoms with Crippen molar-refractivity contribution >= 4 is 43.5 Å². The highest BCUT2D eigenvalue weighted by atomic mass is 15.0. The molecule has 5 aromatic carbocycles. The molecule has 0 saturated carbocycles. The number of aryl methyl sites for hydroxylation is 1. The monoisotopic (exact) mass is 511 g/mol. The summed E-state index contributed by atoms with van der Waals surface area (Å²) in [6.07, 6.45) is 1.88. The number of hydrogen-bond donors (Lipinski definition) is 0. The minimum absolute atomic E-state index is 0.982. The van der Waals surface area contributed by atoms with Gasteiger partial charge in [-0.1, -0.05) is 84.9 Å². The molecule has 0 atom stereocenters. The van der Waals surface area contributed by atoms with E-state index in [0.29, 0.717) is 0 Å². The van der Waals surface area contributed by atoms with Crippen LogP contribution in [0.3, 0.4) is 0 Å².